The van der Waals surface area contributed by atoms with Gasteiger partial charge < -0.3 is 9.84 Å². The molecule has 1 fully saturated rings. The highest BCUT2D eigenvalue weighted by Crippen LogP contribution is 2.55. The molecule has 1 saturated heterocycles. The number of phenols is 1. The summed E-state index contributed by atoms with van der Waals surface area (Å²) in [7, 11) is 0. The minimum Gasteiger partial charge on any atom is -0.508 e. The number of aromatic hydroxyl groups is 1. The van der Waals surface area contributed by atoms with Gasteiger partial charge in [0.1, 0.15) is 11.5 Å². The smallest absolute Gasteiger partial charge is 0.269 e. The first-order valence-electron chi connectivity index (χ1n) is 13.3. The fourth-order valence-electron chi connectivity index (χ4n) is 6.99. The molecule has 5 aliphatic rings. The van der Waals surface area contributed by atoms with Crippen molar-refractivity contribution < 1.29 is 33.9 Å². The van der Waals surface area contributed by atoms with Crippen molar-refractivity contribution in [2.75, 3.05) is 4.90 Å². The Balaban J connectivity index is 1.31. The zero-order chi connectivity index (χ0) is 29.4. The Bertz CT molecular complexity index is 1780. The Morgan fingerprint density at radius 3 is 2.52 bits per heavy atom. The number of hydrogen-bond donors (Lipinski definition) is 1. The van der Waals surface area contributed by atoms with Crippen LogP contribution in [-0.2, 0) is 25.6 Å². The number of allylic oxidation sites excluding steroid dienone is 7. The topological polar surface area (TPSA) is 144 Å². The average Bonchev–Trinajstić information content (AvgIpc) is 3.23. The molecule has 0 bridgehead atoms. The number of ketones is 2. The second-order valence-corrected chi connectivity index (χ2v) is 11.8. The van der Waals surface area contributed by atoms with Gasteiger partial charge in [-0.15, -0.1) is 0 Å². The second kappa shape index (κ2) is 9.45. The molecule has 2 heterocycles. The highest BCUT2D eigenvalue weighted by molar-refractivity contribution is 9.12. The molecule has 42 heavy (non-hydrogen) atoms. The number of fused-ring (bicyclic) bond motifs is 4. The molecule has 4 atom stereocenters. The van der Waals surface area contributed by atoms with Crippen molar-refractivity contribution in [2.45, 2.75) is 19.3 Å². The van der Waals surface area contributed by atoms with Gasteiger partial charge in [0.2, 0.25) is 11.8 Å². The summed E-state index contributed by atoms with van der Waals surface area (Å²) in [6.07, 6.45) is 5.47. The maximum Gasteiger partial charge on any atom is 0.269 e. The first-order valence-corrected chi connectivity index (χ1v) is 14.1. The van der Waals surface area contributed by atoms with Gasteiger partial charge in [-0.2, -0.15) is 0 Å². The first kappa shape index (κ1) is 26.3. The van der Waals surface area contributed by atoms with E-state index in [0.717, 1.165) is 10.5 Å². The summed E-state index contributed by atoms with van der Waals surface area (Å²) in [5.74, 6) is -3.50. The van der Waals surface area contributed by atoms with Crippen LogP contribution in [0.2, 0.25) is 0 Å². The summed E-state index contributed by atoms with van der Waals surface area (Å²) in [4.78, 5) is 66.1. The number of phenolic OH excluding ortho intramolecular Hbond substituents is 1. The van der Waals surface area contributed by atoms with Crippen LogP contribution in [0.1, 0.15) is 18.4 Å². The van der Waals surface area contributed by atoms with Crippen LogP contribution in [0.15, 0.2) is 87.7 Å². The third-order valence-corrected chi connectivity index (χ3v) is 9.39. The quantitative estimate of drug-likeness (QED) is 0.170. The fraction of sp³-hybridized carbons (Fsp3) is 0.226. The normalized spacial score (nSPS) is 26.4. The summed E-state index contributed by atoms with van der Waals surface area (Å²) in [6.45, 7) is 0. The van der Waals surface area contributed by atoms with E-state index in [1.807, 2.05) is 6.08 Å². The number of ether oxygens (including phenoxy) is 1. The number of carbonyl (C=O) groups excluding carboxylic acids is 4. The van der Waals surface area contributed by atoms with Crippen LogP contribution in [0.3, 0.4) is 0 Å². The van der Waals surface area contributed by atoms with Crippen LogP contribution in [0.4, 0.5) is 11.4 Å². The van der Waals surface area contributed by atoms with Crippen LogP contribution >= 0.6 is 15.9 Å². The van der Waals surface area contributed by atoms with Crippen LogP contribution in [0.25, 0.3) is 0 Å². The standard InChI is InChI=1S/C31H21BrN2O8/c32-23-12-24(36)28-22(29(23)37)11-21-19(26(28)15-9-14-10-18(35)5-8-25(14)42-13-15)6-7-20-27(21)31(39)33(30(20)38)16-1-3-17(4-2-16)34(40)41/h1-6,8,10,12-13,20-21,26-27,35H,7,9,11H2. The van der Waals surface area contributed by atoms with E-state index in [1.165, 1.54) is 36.4 Å². The lowest BCUT2D eigenvalue weighted by Gasteiger charge is -2.43. The molecular weight excluding hydrogens is 608 g/mol. The number of anilines is 1. The van der Waals surface area contributed by atoms with Crippen molar-refractivity contribution in [3.8, 4) is 11.5 Å². The van der Waals surface area contributed by atoms with Gasteiger partial charge in [0, 0.05) is 47.3 Å². The number of rotatable bonds is 3. The maximum absolute atomic E-state index is 14.0. The molecule has 210 valence electrons. The highest BCUT2D eigenvalue weighted by atomic mass is 79.9. The van der Waals surface area contributed by atoms with Crippen molar-refractivity contribution in [3.63, 3.8) is 0 Å². The largest absolute Gasteiger partial charge is 0.508 e. The van der Waals surface area contributed by atoms with Gasteiger partial charge in [-0.05, 0) is 70.6 Å². The van der Waals surface area contributed by atoms with Crippen molar-refractivity contribution >= 4 is 50.7 Å². The predicted octanol–water partition coefficient (Wildman–Crippen LogP) is 4.62. The Morgan fingerprint density at radius 1 is 1.02 bits per heavy atom. The van der Waals surface area contributed by atoms with Gasteiger partial charge in [-0.25, -0.2) is 0 Å². The van der Waals surface area contributed by atoms with E-state index in [4.69, 9.17) is 4.74 Å². The van der Waals surface area contributed by atoms with E-state index in [2.05, 4.69) is 15.9 Å². The molecule has 0 saturated carbocycles. The molecule has 10 nitrogen and oxygen atoms in total. The molecule has 2 amide bonds. The SMILES string of the molecule is O=C1C=C(Br)C(=O)C2=C1C(C1=COc3ccc(O)cc3C1)C1=CCC3C(=O)N(c4ccc([N+](=O)[O-])cc4)C(=O)C3C1C2. The summed E-state index contributed by atoms with van der Waals surface area (Å²) in [6, 6.07) is 10.0. The van der Waals surface area contributed by atoms with Gasteiger partial charge >= 0.3 is 0 Å². The Labute approximate surface area is 246 Å². The third kappa shape index (κ3) is 3.83. The van der Waals surface area contributed by atoms with Gasteiger partial charge in [0.05, 0.1) is 33.2 Å². The number of carbonyl (C=O) groups is 4. The van der Waals surface area contributed by atoms with E-state index in [0.29, 0.717) is 34.5 Å². The number of nitro groups is 1. The Kier molecular flexibility index (Phi) is 5.91. The van der Waals surface area contributed by atoms with Crippen LogP contribution in [0, 0.1) is 33.8 Å². The van der Waals surface area contributed by atoms with Crippen molar-refractivity contribution in [3.05, 3.63) is 103 Å². The van der Waals surface area contributed by atoms with Gasteiger partial charge in [0.15, 0.2) is 11.6 Å². The Morgan fingerprint density at radius 2 is 1.79 bits per heavy atom. The zero-order valence-electron chi connectivity index (χ0n) is 21.8. The van der Waals surface area contributed by atoms with Crippen molar-refractivity contribution in [2.24, 2.45) is 23.7 Å². The number of nitro benzene ring substituents is 1. The molecule has 0 spiro atoms. The summed E-state index contributed by atoms with van der Waals surface area (Å²) >= 11 is 3.22. The number of non-ortho nitro benzene ring substituents is 1. The number of amides is 2. The van der Waals surface area contributed by atoms with Gasteiger partial charge in [-0.1, -0.05) is 11.6 Å². The highest BCUT2D eigenvalue weighted by Gasteiger charge is 2.57. The van der Waals surface area contributed by atoms with Crippen LogP contribution < -0.4 is 9.64 Å². The lowest BCUT2D eigenvalue weighted by atomic mass is 9.59. The number of halogens is 1. The molecule has 2 aromatic carbocycles. The molecule has 2 aromatic rings. The molecule has 1 N–H and O–H groups in total. The van der Waals surface area contributed by atoms with Crippen molar-refractivity contribution in [1.82, 2.24) is 0 Å². The average molecular weight is 629 g/mol. The fourth-order valence-corrected chi connectivity index (χ4v) is 7.44. The van der Waals surface area contributed by atoms with Gasteiger partial charge in [-0.3, -0.25) is 34.2 Å². The minimum absolute atomic E-state index is 0.0666. The molecule has 2 aliphatic heterocycles. The van der Waals surface area contributed by atoms with Crippen molar-refractivity contribution in [1.29, 1.82) is 0 Å². The molecule has 7 rings (SSSR count). The molecule has 3 aliphatic carbocycles. The number of hydrogen-bond acceptors (Lipinski definition) is 8. The Hall–Kier alpha value is -4.64. The summed E-state index contributed by atoms with van der Waals surface area (Å²) in [5, 5.41) is 21.2. The lowest BCUT2D eigenvalue weighted by molar-refractivity contribution is -0.384. The number of imide groups is 1. The lowest BCUT2D eigenvalue weighted by Crippen LogP contribution is -2.41. The van der Waals surface area contributed by atoms with Crippen LogP contribution in [0.5, 0.6) is 11.5 Å². The molecular formula is C31H21BrN2O8. The minimum atomic E-state index is -0.779. The monoisotopic (exact) mass is 628 g/mol. The van der Waals surface area contributed by atoms with Gasteiger partial charge in [0.25, 0.3) is 5.69 Å². The molecule has 0 radical (unpaired) electrons. The zero-order valence-corrected chi connectivity index (χ0v) is 23.4. The predicted molar refractivity (Wildman–Crippen MR) is 151 cm³/mol. The number of nitrogens with zero attached hydrogens (tertiary/aromatic N) is 2. The molecule has 11 heteroatoms. The molecule has 4 unspecified atom stereocenters. The van der Waals surface area contributed by atoms with E-state index in [-0.39, 0.29) is 46.0 Å². The second-order valence-electron chi connectivity index (χ2n) is 11.0. The van der Waals surface area contributed by atoms with E-state index < -0.39 is 40.4 Å². The summed E-state index contributed by atoms with van der Waals surface area (Å²) < 4.78 is 6.03. The van der Waals surface area contributed by atoms with E-state index >= 15 is 0 Å². The van der Waals surface area contributed by atoms with E-state index in [1.54, 1.807) is 18.4 Å². The van der Waals surface area contributed by atoms with Crippen LogP contribution in [-0.4, -0.2) is 33.4 Å². The maximum atomic E-state index is 14.0. The first-order chi connectivity index (χ1) is 20.1. The number of Topliss-reactive ketones (excluding diaryl/α,β-unsaturated/α-hetero) is 1. The third-order valence-electron chi connectivity index (χ3n) is 8.80. The van der Waals surface area contributed by atoms with E-state index in [9.17, 15) is 34.4 Å². The summed E-state index contributed by atoms with van der Waals surface area (Å²) in [5.41, 5.74) is 2.93. The number of benzene rings is 2. The molecule has 0 aromatic heterocycles.